The Balaban J connectivity index is 2.42. The summed E-state index contributed by atoms with van der Waals surface area (Å²) < 4.78 is 27.5. The highest BCUT2D eigenvalue weighted by molar-refractivity contribution is 6.54. The first-order valence-electron chi connectivity index (χ1n) is 16.4. The third-order valence-corrected chi connectivity index (χ3v) is 12.9. The summed E-state index contributed by atoms with van der Waals surface area (Å²) in [6.07, 6.45) is 23.1. The van der Waals surface area contributed by atoms with Gasteiger partial charge in [0.25, 0.3) is 0 Å². The molecule has 1 aliphatic heterocycles. The Morgan fingerprint density at radius 3 is 2.15 bits per heavy atom. The molecule has 41 heavy (non-hydrogen) atoms. The fraction of sp³-hybridized carbons (Fsp3) is 0.771. The van der Waals surface area contributed by atoms with Crippen LogP contribution in [0.25, 0.3) is 0 Å². The molecule has 236 valence electrons. The molecule has 2 fully saturated rings. The van der Waals surface area contributed by atoms with Crippen LogP contribution in [-0.2, 0) is 17.7 Å². The van der Waals surface area contributed by atoms with Gasteiger partial charge < -0.3 is 22.8 Å². The second kappa shape index (κ2) is 16.2. The summed E-state index contributed by atoms with van der Waals surface area (Å²) in [6.45, 7) is 24.8. The van der Waals surface area contributed by atoms with Gasteiger partial charge in [-0.1, -0.05) is 64.2 Å². The van der Waals surface area contributed by atoms with Crippen molar-refractivity contribution < 1.29 is 22.8 Å². The third kappa shape index (κ3) is 9.23. The van der Waals surface area contributed by atoms with Gasteiger partial charge in [0, 0.05) is 24.4 Å². The molecule has 2 aliphatic rings. The van der Waals surface area contributed by atoms with Crippen LogP contribution in [0, 0.1) is 23.7 Å². The van der Waals surface area contributed by atoms with E-state index >= 15 is 0 Å². The smallest absolute Gasteiger partial charge is 0.390 e. The van der Waals surface area contributed by atoms with Crippen molar-refractivity contribution in [2.45, 2.75) is 143 Å². The van der Waals surface area contributed by atoms with E-state index in [2.05, 4.69) is 72.1 Å². The highest BCUT2D eigenvalue weighted by Crippen LogP contribution is 2.52. The van der Waals surface area contributed by atoms with E-state index in [1.165, 1.54) is 0 Å². The van der Waals surface area contributed by atoms with Crippen LogP contribution in [0.2, 0.25) is 0 Å². The molecule has 1 N–H and O–H groups in total. The minimum Gasteiger partial charge on any atom is -0.390 e. The molecule has 0 aromatic rings. The lowest BCUT2D eigenvalue weighted by atomic mass is 9.66. The SMILES string of the molecule is C=CCCC/C=C/C1CC(/C=C/CCCC=C)C(O[Si]2(OCC)OC(C)(CC)C(C)C(C)(C(C)C(C)(O)CC)O2)C1. The van der Waals surface area contributed by atoms with Gasteiger partial charge in [-0.25, -0.2) is 0 Å². The lowest BCUT2D eigenvalue weighted by Gasteiger charge is -2.59. The Morgan fingerprint density at radius 2 is 1.61 bits per heavy atom. The summed E-state index contributed by atoms with van der Waals surface area (Å²) in [4.78, 5) is 0. The number of rotatable bonds is 18. The predicted octanol–water partition coefficient (Wildman–Crippen LogP) is 9.10. The number of hydrogen-bond donors (Lipinski definition) is 1. The molecule has 0 bridgehead atoms. The molecule has 0 radical (unpaired) electrons. The van der Waals surface area contributed by atoms with Gasteiger partial charge in [-0.05, 0) is 97.8 Å². The second-order valence-electron chi connectivity index (χ2n) is 13.0. The molecule has 0 amide bonds. The van der Waals surface area contributed by atoms with Gasteiger partial charge in [-0.15, -0.1) is 13.2 Å². The Hall–Kier alpha value is -1.02. The van der Waals surface area contributed by atoms with Gasteiger partial charge in [0.15, 0.2) is 0 Å². The summed E-state index contributed by atoms with van der Waals surface area (Å²) in [5, 5.41) is 11.4. The van der Waals surface area contributed by atoms with Crippen LogP contribution in [0.4, 0.5) is 0 Å². The van der Waals surface area contributed by atoms with E-state index < -0.39 is 25.9 Å². The standard InChI is InChI=1S/C35H62O5Si/c1-11-16-18-20-22-24-30-26-31(25-23-21-19-17-12-2)32(27-30)38-41(37-15-5)39-34(9,14-4)29(7)35(10,40-41)28(6)33(8,36)13-3/h11-12,22-25,28-32,36H,1-2,13-21,26-27H2,3-10H3/b24-22+,25-23+. The van der Waals surface area contributed by atoms with E-state index in [0.29, 0.717) is 18.9 Å². The van der Waals surface area contributed by atoms with Gasteiger partial charge in [0.2, 0.25) is 0 Å². The second-order valence-corrected chi connectivity index (χ2v) is 14.9. The normalized spacial score (nSPS) is 36.5. The van der Waals surface area contributed by atoms with Crippen molar-refractivity contribution in [1.29, 1.82) is 0 Å². The molecule has 1 aliphatic carbocycles. The Labute approximate surface area is 253 Å². The van der Waals surface area contributed by atoms with E-state index in [4.69, 9.17) is 17.7 Å². The minimum atomic E-state index is -3.61. The van der Waals surface area contributed by atoms with Crippen molar-refractivity contribution >= 4 is 9.05 Å². The van der Waals surface area contributed by atoms with Crippen LogP contribution in [0.3, 0.4) is 0 Å². The Bertz CT molecular complexity index is 865. The summed E-state index contributed by atoms with van der Waals surface area (Å²) in [5.74, 6) is 0.558. The molecule has 1 heterocycles. The number of aliphatic hydroxyl groups is 1. The van der Waals surface area contributed by atoms with Gasteiger partial charge in [0.1, 0.15) is 0 Å². The lowest BCUT2D eigenvalue weighted by molar-refractivity contribution is -0.254. The van der Waals surface area contributed by atoms with Crippen LogP contribution in [0.5, 0.6) is 0 Å². The van der Waals surface area contributed by atoms with Crippen molar-refractivity contribution in [2.75, 3.05) is 6.61 Å². The summed E-state index contributed by atoms with van der Waals surface area (Å²) in [6, 6.07) is 0. The van der Waals surface area contributed by atoms with Crippen molar-refractivity contribution in [1.82, 2.24) is 0 Å². The molecule has 5 nitrogen and oxygen atoms in total. The van der Waals surface area contributed by atoms with Crippen molar-refractivity contribution in [3.05, 3.63) is 49.6 Å². The first-order valence-corrected chi connectivity index (χ1v) is 18.0. The predicted molar refractivity (Wildman–Crippen MR) is 173 cm³/mol. The first-order chi connectivity index (χ1) is 19.4. The van der Waals surface area contributed by atoms with Crippen molar-refractivity contribution in [3.63, 3.8) is 0 Å². The zero-order valence-corrected chi connectivity index (χ0v) is 28.6. The molecule has 9 unspecified atom stereocenters. The largest absolute Gasteiger partial charge is 0.680 e. The van der Waals surface area contributed by atoms with E-state index in [0.717, 1.165) is 57.8 Å². The zero-order chi connectivity index (χ0) is 30.7. The highest BCUT2D eigenvalue weighted by atomic mass is 28.4. The maximum absolute atomic E-state index is 11.4. The lowest BCUT2D eigenvalue weighted by Crippen LogP contribution is -2.72. The van der Waals surface area contributed by atoms with E-state index in [9.17, 15) is 5.11 Å². The van der Waals surface area contributed by atoms with Crippen LogP contribution in [0.15, 0.2) is 49.6 Å². The van der Waals surface area contributed by atoms with Gasteiger partial charge in [-0.3, -0.25) is 0 Å². The molecule has 9 atom stereocenters. The maximum atomic E-state index is 11.4. The van der Waals surface area contributed by atoms with E-state index in [1.807, 2.05) is 32.9 Å². The highest BCUT2D eigenvalue weighted by Gasteiger charge is 2.67. The van der Waals surface area contributed by atoms with Crippen molar-refractivity contribution in [3.8, 4) is 0 Å². The number of hydrogen-bond acceptors (Lipinski definition) is 5. The molecular formula is C35H62O5Si. The average molecular weight is 591 g/mol. The minimum absolute atomic E-state index is 0.0214. The molecule has 1 saturated heterocycles. The first kappa shape index (κ1) is 36.2. The molecule has 0 spiro atoms. The molecular weight excluding hydrogens is 528 g/mol. The Kier molecular flexibility index (Phi) is 14.3. The van der Waals surface area contributed by atoms with E-state index in [1.54, 1.807) is 0 Å². The molecule has 1 saturated carbocycles. The summed E-state index contributed by atoms with van der Waals surface area (Å²) in [5.41, 5.74) is -2.10. The zero-order valence-electron chi connectivity index (χ0n) is 27.6. The van der Waals surface area contributed by atoms with Gasteiger partial charge >= 0.3 is 9.05 Å². The molecule has 6 heteroatoms. The quantitative estimate of drug-likeness (QED) is 0.0980. The summed E-state index contributed by atoms with van der Waals surface area (Å²) in [7, 11) is -3.61. The fourth-order valence-corrected chi connectivity index (χ4v) is 9.62. The molecule has 0 aromatic heterocycles. The fourth-order valence-electron chi connectivity index (χ4n) is 6.51. The average Bonchev–Trinajstić information content (AvgIpc) is 3.31. The van der Waals surface area contributed by atoms with E-state index in [-0.39, 0.29) is 23.9 Å². The van der Waals surface area contributed by atoms with Crippen LogP contribution in [0.1, 0.15) is 120 Å². The topological polar surface area (TPSA) is 57.2 Å². The van der Waals surface area contributed by atoms with Crippen LogP contribution in [-0.4, -0.2) is 43.7 Å². The van der Waals surface area contributed by atoms with Gasteiger partial charge in [-0.2, -0.15) is 0 Å². The van der Waals surface area contributed by atoms with Gasteiger partial charge in [0.05, 0.1) is 22.9 Å². The number of unbranched alkanes of at least 4 members (excludes halogenated alkanes) is 4. The maximum Gasteiger partial charge on any atom is 0.680 e. The van der Waals surface area contributed by atoms with Crippen LogP contribution >= 0.6 is 0 Å². The molecule has 2 rings (SSSR count). The summed E-state index contributed by atoms with van der Waals surface area (Å²) >= 11 is 0. The van der Waals surface area contributed by atoms with Crippen LogP contribution < -0.4 is 0 Å². The van der Waals surface area contributed by atoms with Crippen molar-refractivity contribution in [2.24, 2.45) is 23.7 Å². The monoisotopic (exact) mass is 590 g/mol. The Morgan fingerprint density at radius 1 is 1.00 bits per heavy atom. The number of allylic oxidation sites excluding steroid dienone is 5. The third-order valence-electron chi connectivity index (χ3n) is 10.2. The molecule has 0 aromatic carbocycles.